The predicted octanol–water partition coefficient (Wildman–Crippen LogP) is 6.73. The molecule has 2 aromatic carbocycles. The van der Waals surface area contributed by atoms with E-state index in [0.717, 1.165) is 72.6 Å². The summed E-state index contributed by atoms with van der Waals surface area (Å²) in [5.74, 6) is -0.446. The summed E-state index contributed by atoms with van der Waals surface area (Å²) in [6.07, 6.45) is 0.674. The van der Waals surface area contributed by atoms with Gasteiger partial charge >= 0.3 is 5.97 Å². The minimum absolute atomic E-state index is 0.00396. The molecule has 3 aromatic heterocycles. The third-order valence-electron chi connectivity index (χ3n) is 13.2. The van der Waals surface area contributed by atoms with E-state index in [2.05, 4.69) is 44.6 Å². The number of fused-ring (bicyclic) bond motifs is 3. The van der Waals surface area contributed by atoms with Gasteiger partial charge in [0.15, 0.2) is 5.82 Å². The fraction of sp³-hybridized carbons (Fsp3) is 0.469. The standard InChI is InChI=1S/C49H59N9O6S2/c1-26-29(4)66-48-40(26)41(52-37(22-39(60)64-9)44-55-54-30(5)58(44)48)32-16-18-35(19-17-32)56-20-10-11-34(23-56)45(61)53-43(49(6,7)8)47(63)57-24-36(59)21-38(57)46(62)51-27(2)31-12-14-33(15-13-31)42-28(3)50-25-65-42/h12-19,25,27,34,36-38,43,59H,10-11,20-24H2,1-9H3,(H,51,62)(H,53,61)/t27-,34+,36+,37-,38-,43+/m0/s1. The molecule has 348 valence electrons. The average Bonchev–Trinajstić information content (AvgIpc) is 4.07. The Morgan fingerprint density at radius 3 is 2.32 bits per heavy atom. The van der Waals surface area contributed by atoms with Crippen LogP contribution in [-0.4, -0.2) is 104 Å². The van der Waals surface area contributed by atoms with Crippen molar-refractivity contribution in [2.45, 2.75) is 111 Å². The smallest absolute Gasteiger partial charge is 0.308 e. The number of hydrogen-bond acceptors (Lipinski definition) is 13. The summed E-state index contributed by atoms with van der Waals surface area (Å²) in [6, 6.07) is 13.4. The van der Waals surface area contributed by atoms with Gasteiger partial charge in [-0.25, -0.2) is 4.98 Å². The second-order valence-corrected chi connectivity index (χ2v) is 20.9. The highest BCUT2D eigenvalue weighted by Crippen LogP contribution is 2.40. The van der Waals surface area contributed by atoms with Gasteiger partial charge in [-0.3, -0.25) is 28.7 Å². The van der Waals surface area contributed by atoms with Crippen molar-refractivity contribution < 1.29 is 29.0 Å². The third kappa shape index (κ3) is 9.29. The minimum Gasteiger partial charge on any atom is -0.469 e. The number of carbonyl (C=O) groups is 4. The molecular weight excluding hydrogens is 875 g/mol. The van der Waals surface area contributed by atoms with Crippen LogP contribution in [0.1, 0.15) is 110 Å². The summed E-state index contributed by atoms with van der Waals surface area (Å²) in [4.78, 5) is 70.6. The van der Waals surface area contributed by atoms with Gasteiger partial charge < -0.3 is 30.3 Å². The molecule has 3 N–H and O–H groups in total. The largest absolute Gasteiger partial charge is 0.469 e. The van der Waals surface area contributed by atoms with Gasteiger partial charge in [-0.05, 0) is 81.7 Å². The summed E-state index contributed by atoms with van der Waals surface area (Å²) >= 11 is 3.23. The number of rotatable bonds is 11. The number of ether oxygens (including phenoxy) is 1. The van der Waals surface area contributed by atoms with Crippen LogP contribution in [0.2, 0.25) is 0 Å². The first-order valence-corrected chi connectivity index (χ1v) is 24.2. The molecule has 17 heteroatoms. The molecule has 3 aliphatic heterocycles. The van der Waals surface area contributed by atoms with E-state index in [-0.39, 0.29) is 43.2 Å². The number of likely N-dealkylation sites (tertiary alicyclic amines) is 1. The number of β-amino-alcohol motifs (C(OH)–C–C–N with tert-alkyl or cyclic N) is 1. The SMILES string of the molecule is COC(=O)C[C@@H]1N=C(c2ccc(N3CCC[C@@H](C(=O)N[C@H](C(=O)N4C[C@H](O)C[C@H]4C(=O)N[C@@H](C)c4ccc(-c5scnc5C)cc4)C(C)(C)C)C3)cc2)c2c(sc(C)c2C)-n2c(C)nnc21. The molecule has 8 rings (SSSR count). The van der Waals surface area contributed by atoms with Crippen molar-refractivity contribution >= 4 is 57.8 Å². The second-order valence-electron chi connectivity index (χ2n) is 18.8. The lowest BCUT2D eigenvalue weighted by atomic mass is 9.84. The minimum atomic E-state index is -0.935. The Morgan fingerprint density at radius 1 is 0.939 bits per heavy atom. The number of anilines is 1. The predicted molar refractivity (Wildman–Crippen MR) is 256 cm³/mol. The van der Waals surface area contributed by atoms with Crippen molar-refractivity contribution in [3.8, 4) is 15.4 Å². The van der Waals surface area contributed by atoms with E-state index in [0.29, 0.717) is 24.6 Å². The van der Waals surface area contributed by atoms with Crippen molar-refractivity contribution in [3.05, 3.63) is 98.5 Å². The number of nitrogens with one attached hydrogen (secondary N) is 2. The quantitative estimate of drug-likeness (QED) is 0.120. The van der Waals surface area contributed by atoms with Gasteiger partial charge in [-0.1, -0.05) is 57.2 Å². The molecule has 2 fully saturated rings. The third-order valence-corrected chi connectivity index (χ3v) is 15.3. The Balaban J connectivity index is 0.954. The molecule has 2 saturated heterocycles. The van der Waals surface area contributed by atoms with Crippen molar-refractivity contribution in [1.82, 2.24) is 35.3 Å². The molecule has 66 heavy (non-hydrogen) atoms. The fourth-order valence-electron chi connectivity index (χ4n) is 9.30. The van der Waals surface area contributed by atoms with Crippen LogP contribution in [0.15, 0.2) is 59.0 Å². The van der Waals surface area contributed by atoms with Crippen molar-refractivity contribution in [2.75, 3.05) is 31.6 Å². The number of aliphatic imine (C=N–C) groups is 1. The number of carbonyl (C=O) groups excluding carboxylic acids is 4. The number of thiazole rings is 1. The number of methoxy groups -OCH3 is 1. The number of thiophene rings is 1. The van der Waals surface area contributed by atoms with Crippen LogP contribution >= 0.6 is 22.7 Å². The molecule has 0 radical (unpaired) electrons. The van der Waals surface area contributed by atoms with E-state index >= 15 is 0 Å². The molecule has 3 amide bonds. The number of piperidine rings is 1. The first-order valence-electron chi connectivity index (χ1n) is 22.6. The molecule has 6 atom stereocenters. The van der Waals surface area contributed by atoms with E-state index in [4.69, 9.17) is 9.73 Å². The molecular formula is C49H59N9O6S2. The van der Waals surface area contributed by atoms with Gasteiger partial charge in [-0.2, -0.15) is 0 Å². The van der Waals surface area contributed by atoms with E-state index < -0.39 is 41.5 Å². The zero-order valence-electron chi connectivity index (χ0n) is 39.0. The normalized spacial score (nSPS) is 20.4. The molecule has 0 bridgehead atoms. The first-order chi connectivity index (χ1) is 31.4. The van der Waals surface area contributed by atoms with Gasteiger partial charge in [-0.15, -0.1) is 32.9 Å². The lowest BCUT2D eigenvalue weighted by Gasteiger charge is -2.38. The number of amides is 3. The number of aromatic nitrogens is 4. The van der Waals surface area contributed by atoms with Gasteiger partial charge in [0, 0.05) is 47.7 Å². The van der Waals surface area contributed by atoms with Gasteiger partial charge in [0.1, 0.15) is 29.0 Å². The lowest BCUT2D eigenvalue weighted by molar-refractivity contribution is -0.144. The second kappa shape index (κ2) is 18.8. The maximum atomic E-state index is 14.5. The van der Waals surface area contributed by atoms with Crippen molar-refractivity contribution in [1.29, 1.82) is 0 Å². The Kier molecular flexibility index (Phi) is 13.3. The van der Waals surface area contributed by atoms with Gasteiger partial charge in [0.2, 0.25) is 17.7 Å². The number of hydrogen-bond donors (Lipinski definition) is 3. The zero-order chi connectivity index (χ0) is 47.2. The van der Waals surface area contributed by atoms with Gasteiger partial charge in [0.05, 0.1) is 53.4 Å². The summed E-state index contributed by atoms with van der Waals surface area (Å²) in [6.45, 7) is 16.8. The summed E-state index contributed by atoms with van der Waals surface area (Å²) in [5, 5.41) is 26.8. The molecule has 6 heterocycles. The molecule has 0 saturated carbocycles. The maximum absolute atomic E-state index is 14.5. The topological polar surface area (TPSA) is 184 Å². The van der Waals surface area contributed by atoms with E-state index in [1.807, 2.05) is 100 Å². The molecule has 5 aromatic rings. The van der Waals surface area contributed by atoms with Crippen LogP contribution in [0.5, 0.6) is 0 Å². The van der Waals surface area contributed by atoms with Crippen LogP contribution in [0, 0.1) is 39.0 Å². The number of nitrogens with zero attached hydrogens (tertiary/aromatic N) is 7. The van der Waals surface area contributed by atoms with Gasteiger partial charge in [0.25, 0.3) is 0 Å². The molecule has 3 aliphatic rings. The average molecular weight is 934 g/mol. The number of aryl methyl sites for hydroxylation is 3. The number of aliphatic hydroxyl groups excluding tert-OH is 1. The Morgan fingerprint density at radius 2 is 1.65 bits per heavy atom. The zero-order valence-corrected chi connectivity index (χ0v) is 40.7. The molecule has 0 unspecified atom stereocenters. The number of benzene rings is 2. The highest BCUT2D eigenvalue weighted by molar-refractivity contribution is 7.15. The van der Waals surface area contributed by atoms with Crippen LogP contribution in [0.3, 0.4) is 0 Å². The summed E-state index contributed by atoms with van der Waals surface area (Å²) in [5.41, 5.74) is 8.74. The van der Waals surface area contributed by atoms with Crippen molar-refractivity contribution in [2.24, 2.45) is 16.3 Å². The monoisotopic (exact) mass is 933 g/mol. The maximum Gasteiger partial charge on any atom is 0.308 e. The lowest BCUT2D eigenvalue weighted by Crippen LogP contribution is -2.59. The molecule has 0 spiro atoms. The van der Waals surface area contributed by atoms with E-state index in [1.165, 1.54) is 12.0 Å². The Hall–Kier alpha value is -5.78. The Labute approximate surface area is 393 Å². The summed E-state index contributed by atoms with van der Waals surface area (Å²) in [7, 11) is 1.37. The summed E-state index contributed by atoms with van der Waals surface area (Å²) < 4.78 is 7.06. The van der Waals surface area contributed by atoms with Crippen molar-refractivity contribution in [3.63, 3.8) is 0 Å². The highest BCUT2D eigenvalue weighted by Gasteiger charge is 2.45. The molecule has 15 nitrogen and oxygen atoms in total. The number of esters is 1. The van der Waals surface area contributed by atoms with Crippen LogP contribution in [0.25, 0.3) is 15.4 Å². The van der Waals surface area contributed by atoms with E-state index in [1.54, 1.807) is 22.7 Å². The van der Waals surface area contributed by atoms with Crippen LogP contribution in [0.4, 0.5) is 5.69 Å². The van der Waals surface area contributed by atoms with Crippen LogP contribution in [-0.2, 0) is 23.9 Å². The molecule has 0 aliphatic carbocycles. The highest BCUT2D eigenvalue weighted by atomic mass is 32.1. The first kappa shape index (κ1) is 46.7. The van der Waals surface area contributed by atoms with Crippen LogP contribution < -0.4 is 15.5 Å². The Bertz CT molecular complexity index is 2660. The fourth-order valence-corrected chi connectivity index (χ4v) is 11.3. The van der Waals surface area contributed by atoms with E-state index in [9.17, 15) is 24.3 Å². The number of aliphatic hydroxyl groups is 1.